The largest absolute Gasteiger partial charge is 0.494 e. The summed E-state index contributed by atoms with van der Waals surface area (Å²) in [5.41, 5.74) is 1.22. The van der Waals surface area contributed by atoms with Crippen LogP contribution >= 0.6 is 24.0 Å². The lowest BCUT2D eigenvalue weighted by Gasteiger charge is -2.30. The number of aliphatic imine (C=N–C) groups is 1. The number of hydrogen-bond acceptors (Lipinski definition) is 4. The summed E-state index contributed by atoms with van der Waals surface area (Å²) in [6.45, 7) is 12.5. The Labute approximate surface area is 194 Å². The molecule has 0 saturated carbocycles. The zero-order chi connectivity index (χ0) is 21.0. The van der Waals surface area contributed by atoms with Crippen molar-refractivity contribution in [2.45, 2.75) is 46.8 Å². The average Bonchev–Trinajstić information content (AvgIpc) is 2.63. The molecule has 2 N–H and O–H groups in total. The smallest absolute Gasteiger partial charge is 0.191 e. The molecule has 1 aromatic rings. The van der Waals surface area contributed by atoms with Gasteiger partial charge in [0.1, 0.15) is 5.75 Å². The van der Waals surface area contributed by atoms with E-state index in [4.69, 9.17) is 9.47 Å². The summed E-state index contributed by atoms with van der Waals surface area (Å²) in [4.78, 5) is 6.85. The topological polar surface area (TPSA) is 58.1 Å². The number of rotatable bonds is 11. The van der Waals surface area contributed by atoms with Crippen molar-refractivity contribution < 1.29 is 9.47 Å². The van der Waals surface area contributed by atoms with E-state index in [1.807, 2.05) is 12.1 Å². The first-order chi connectivity index (χ1) is 13.3. The Kier molecular flexibility index (Phi) is 14.3. The summed E-state index contributed by atoms with van der Waals surface area (Å²) >= 11 is 0. The van der Waals surface area contributed by atoms with Crippen LogP contribution in [0, 0.1) is 5.41 Å². The summed E-state index contributed by atoms with van der Waals surface area (Å²) < 4.78 is 11.4. The molecule has 1 rings (SSSR count). The van der Waals surface area contributed by atoms with Crippen molar-refractivity contribution in [1.82, 2.24) is 15.5 Å². The van der Waals surface area contributed by atoms with Gasteiger partial charge >= 0.3 is 0 Å². The highest BCUT2D eigenvalue weighted by Crippen LogP contribution is 2.21. The molecule has 0 radical (unpaired) electrons. The summed E-state index contributed by atoms with van der Waals surface area (Å²) in [5, 5.41) is 6.68. The van der Waals surface area contributed by atoms with E-state index in [1.165, 1.54) is 0 Å². The number of ether oxygens (including phenoxy) is 2. The Morgan fingerprint density at radius 1 is 1.14 bits per heavy atom. The maximum absolute atomic E-state index is 5.78. The van der Waals surface area contributed by atoms with Crippen molar-refractivity contribution in [1.29, 1.82) is 0 Å². The Morgan fingerprint density at radius 2 is 1.79 bits per heavy atom. The molecule has 6 nitrogen and oxygen atoms in total. The molecule has 0 bridgehead atoms. The molecule has 0 aliphatic heterocycles. The highest BCUT2D eigenvalue weighted by Gasteiger charge is 2.24. The second kappa shape index (κ2) is 14.8. The van der Waals surface area contributed by atoms with E-state index in [0.717, 1.165) is 43.4 Å². The predicted octanol–water partition coefficient (Wildman–Crippen LogP) is 3.75. The van der Waals surface area contributed by atoms with Crippen LogP contribution in [0.25, 0.3) is 0 Å². The third kappa shape index (κ3) is 12.3. The standard InChI is InChI=1S/C22H40N4O2.HI/c1-8-23-21(25-17-20(27-7)22(2,3)4)24-16-18-10-12-19(13-11-18)28-15-9-14-26(5)6;/h10-13,20H,8-9,14-17H2,1-7H3,(H2,23,24,25);1H. The summed E-state index contributed by atoms with van der Waals surface area (Å²) in [6.07, 6.45) is 1.13. The Hall–Kier alpha value is -1.06. The number of benzene rings is 1. The van der Waals surface area contributed by atoms with Crippen LogP contribution in [0.5, 0.6) is 5.75 Å². The third-order valence-corrected chi connectivity index (χ3v) is 4.41. The van der Waals surface area contributed by atoms with Crippen molar-refractivity contribution in [3.05, 3.63) is 29.8 Å². The van der Waals surface area contributed by atoms with Gasteiger partial charge < -0.3 is 25.0 Å². The number of hydrogen-bond donors (Lipinski definition) is 2. The molecule has 0 aromatic heterocycles. The van der Waals surface area contributed by atoms with Crippen molar-refractivity contribution in [3.8, 4) is 5.75 Å². The maximum Gasteiger partial charge on any atom is 0.191 e. The zero-order valence-corrected chi connectivity index (χ0v) is 21.6. The maximum atomic E-state index is 5.78. The fourth-order valence-corrected chi connectivity index (χ4v) is 2.71. The molecule has 0 spiro atoms. The lowest BCUT2D eigenvalue weighted by Crippen LogP contribution is -2.45. The van der Waals surface area contributed by atoms with Gasteiger partial charge in [0.2, 0.25) is 0 Å². The minimum absolute atomic E-state index is 0. The van der Waals surface area contributed by atoms with E-state index in [2.05, 4.69) is 74.4 Å². The summed E-state index contributed by atoms with van der Waals surface area (Å²) in [5.74, 6) is 1.71. The number of nitrogens with zero attached hydrogens (tertiary/aromatic N) is 2. The molecule has 1 unspecified atom stereocenters. The van der Waals surface area contributed by atoms with Gasteiger partial charge in [-0.05, 0) is 50.6 Å². The molecule has 1 aromatic carbocycles. The number of guanidine groups is 1. The second-order valence-electron chi connectivity index (χ2n) is 8.32. The minimum atomic E-state index is 0. The first-order valence-electron chi connectivity index (χ1n) is 10.2. The molecule has 0 fully saturated rings. The van der Waals surface area contributed by atoms with Crippen molar-refractivity contribution in [3.63, 3.8) is 0 Å². The van der Waals surface area contributed by atoms with Gasteiger partial charge in [0, 0.05) is 26.7 Å². The molecule has 0 aliphatic rings. The van der Waals surface area contributed by atoms with E-state index in [1.54, 1.807) is 7.11 Å². The van der Waals surface area contributed by atoms with E-state index in [-0.39, 0.29) is 35.5 Å². The molecule has 0 aliphatic carbocycles. The minimum Gasteiger partial charge on any atom is -0.494 e. The molecule has 0 amide bonds. The molecule has 168 valence electrons. The van der Waals surface area contributed by atoms with Crippen molar-refractivity contribution in [2.75, 3.05) is 47.4 Å². The van der Waals surface area contributed by atoms with E-state index in [9.17, 15) is 0 Å². The first kappa shape index (κ1) is 27.9. The van der Waals surface area contributed by atoms with Gasteiger partial charge in [-0.3, -0.25) is 0 Å². The number of halogens is 1. The fraction of sp³-hybridized carbons (Fsp3) is 0.682. The van der Waals surface area contributed by atoms with Crippen LogP contribution in [-0.2, 0) is 11.3 Å². The average molecular weight is 521 g/mol. The monoisotopic (exact) mass is 520 g/mol. The van der Waals surface area contributed by atoms with Gasteiger partial charge in [0.15, 0.2) is 5.96 Å². The molecule has 7 heteroatoms. The first-order valence-corrected chi connectivity index (χ1v) is 10.2. The van der Waals surface area contributed by atoms with Crippen molar-refractivity contribution >= 4 is 29.9 Å². The summed E-state index contributed by atoms with van der Waals surface area (Å²) in [7, 11) is 5.90. The Bertz CT molecular complexity index is 571. The Morgan fingerprint density at radius 3 is 2.31 bits per heavy atom. The van der Waals surface area contributed by atoms with Gasteiger partial charge in [-0.1, -0.05) is 32.9 Å². The van der Waals surface area contributed by atoms with Crippen LogP contribution in [-0.4, -0.2) is 64.4 Å². The molecule has 29 heavy (non-hydrogen) atoms. The summed E-state index contributed by atoms with van der Waals surface area (Å²) in [6, 6.07) is 8.17. The number of nitrogens with one attached hydrogen (secondary N) is 2. The van der Waals surface area contributed by atoms with E-state index >= 15 is 0 Å². The molecule has 1 atom stereocenters. The van der Waals surface area contributed by atoms with Crippen molar-refractivity contribution in [2.24, 2.45) is 10.4 Å². The quantitative estimate of drug-likeness (QED) is 0.202. The second-order valence-corrected chi connectivity index (χ2v) is 8.32. The fourth-order valence-electron chi connectivity index (χ4n) is 2.71. The molecular weight excluding hydrogens is 479 g/mol. The number of methoxy groups -OCH3 is 1. The van der Waals surface area contributed by atoms with Gasteiger partial charge in [0.05, 0.1) is 19.3 Å². The SMILES string of the molecule is CCNC(=NCc1ccc(OCCCN(C)C)cc1)NCC(OC)C(C)(C)C.I. The van der Waals surface area contributed by atoms with Crippen LogP contribution in [0.4, 0.5) is 0 Å². The van der Waals surface area contributed by atoms with Crippen LogP contribution < -0.4 is 15.4 Å². The normalized spacial score (nSPS) is 13.0. The van der Waals surface area contributed by atoms with Gasteiger partial charge in [-0.25, -0.2) is 4.99 Å². The van der Waals surface area contributed by atoms with Gasteiger partial charge in [0.25, 0.3) is 0 Å². The van der Waals surface area contributed by atoms with Crippen LogP contribution in [0.3, 0.4) is 0 Å². The Balaban J connectivity index is 0.00000784. The molecule has 0 heterocycles. The van der Waals surface area contributed by atoms with Crippen LogP contribution in [0.15, 0.2) is 29.3 Å². The molecular formula is C22H41IN4O2. The van der Waals surface area contributed by atoms with Gasteiger partial charge in [-0.2, -0.15) is 0 Å². The third-order valence-electron chi connectivity index (χ3n) is 4.41. The van der Waals surface area contributed by atoms with Gasteiger partial charge in [-0.15, -0.1) is 24.0 Å². The van der Waals surface area contributed by atoms with Crippen LogP contribution in [0.1, 0.15) is 39.7 Å². The predicted molar refractivity (Wildman–Crippen MR) is 134 cm³/mol. The lowest BCUT2D eigenvalue weighted by molar-refractivity contribution is 0.0205. The highest BCUT2D eigenvalue weighted by molar-refractivity contribution is 14.0. The van der Waals surface area contributed by atoms with E-state index < -0.39 is 0 Å². The van der Waals surface area contributed by atoms with Crippen LogP contribution in [0.2, 0.25) is 0 Å². The van der Waals surface area contributed by atoms with E-state index in [0.29, 0.717) is 13.1 Å². The highest BCUT2D eigenvalue weighted by atomic mass is 127. The molecule has 0 saturated heterocycles. The lowest BCUT2D eigenvalue weighted by atomic mass is 9.89. The zero-order valence-electron chi connectivity index (χ0n) is 19.2.